The van der Waals surface area contributed by atoms with E-state index in [1.165, 1.54) is 5.69 Å². The molecule has 1 heterocycles. The zero-order valence-electron chi connectivity index (χ0n) is 13.5. The maximum absolute atomic E-state index is 5.91. The Hall–Kier alpha value is -1.98. The molecule has 4 nitrogen and oxygen atoms in total. The van der Waals surface area contributed by atoms with Crippen LogP contribution < -0.4 is 15.0 Å². The summed E-state index contributed by atoms with van der Waals surface area (Å²) < 4.78 is 5.21. The number of methoxy groups -OCH3 is 1. The van der Waals surface area contributed by atoms with Crippen LogP contribution in [0.3, 0.4) is 0 Å². The smallest absolute Gasteiger partial charge is 0.173 e. The van der Waals surface area contributed by atoms with Crippen LogP contribution in [-0.2, 0) is 0 Å². The fourth-order valence-corrected chi connectivity index (χ4v) is 3.12. The number of anilines is 2. The van der Waals surface area contributed by atoms with Crippen molar-refractivity contribution >= 4 is 40.3 Å². The van der Waals surface area contributed by atoms with Crippen LogP contribution in [0.1, 0.15) is 0 Å². The average Bonchev–Trinajstić information content (AvgIpc) is 2.64. The van der Waals surface area contributed by atoms with E-state index in [1.807, 2.05) is 36.4 Å². The molecule has 0 bridgehead atoms. The van der Waals surface area contributed by atoms with Crippen LogP contribution >= 0.6 is 23.8 Å². The fraction of sp³-hybridized carbons (Fsp3) is 0.278. The van der Waals surface area contributed by atoms with Crippen molar-refractivity contribution < 1.29 is 4.74 Å². The van der Waals surface area contributed by atoms with Gasteiger partial charge in [-0.15, -0.1) is 0 Å². The van der Waals surface area contributed by atoms with E-state index in [2.05, 4.69) is 27.2 Å². The van der Waals surface area contributed by atoms with Gasteiger partial charge in [0.25, 0.3) is 0 Å². The Bertz CT molecular complexity index is 682. The molecule has 0 atom stereocenters. The summed E-state index contributed by atoms with van der Waals surface area (Å²) in [6.45, 7) is 3.67. The van der Waals surface area contributed by atoms with Crippen molar-refractivity contribution in [3.8, 4) is 5.75 Å². The Kier molecular flexibility index (Phi) is 5.43. The first-order chi connectivity index (χ1) is 11.7. The molecule has 0 amide bonds. The predicted octanol–water partition coefficient (Wildman–Crippen LogP) is 3.87. The number of ether oxygens (including phenoxy) is 1. The highest BCUT2D eigenvalue weighted by Gasteiger charge is 2.19. The fourth-order valence-electron chi connectivity index (χ4n) is 2.70. The van der Waals surface area contributed by atoms with Crippen molar-refractivity contribution in [2.45, 2.75) is 0 Å². The van der Waals surface area contributed by atoms with E-state index >= 15 is 0 Å². The lowest BCUT2D eigenvalue weighted by atomic mass is 10.2. The van der Waals surface area contributed by atoms with Gasteiger partial charge in [0.15, 0.2) is 5.11 Å². The Labute approximate surface area is 153 Å². The van der Waals surface area contributed by atoms with Crippen LogP contribution in [0.2, 0.25) is 5.02 Å². The van der Waals surface area contributed by atoms with Gasteiger partial charge in [-0.3, -0.25) is 0 Å². The first kappa shape index (κ1) is 16.9. The van der Waals surface area contributed by atoms with E-state index in [0.29, 0.717) is 0 Å². The van der Waals surface area contributed by atoms with Gasteiger partial charge in [-0.2, -0.15) is 0 Å². The molecule has 3 rings (SSSR count). The van der Waals surface area contributed by atoms with Gasteiger partial charge in [0.2, 0.25) is 0 Å². The van der Waals surface area contributed by atoms with Crippen LogP contribution in [0.4, 0.5) is 11.4 Å². The zero-order chi connectivity index (χ0) is 16.9. The minimum absolute atomic E-state index is 0.722. The Balaban J connectivity index is 1.54. The quantitative estimate of drug-likeness (QED) is 0.838. The van der Waals surface area contributed by atoms with Gasteiger partial charge < -0.3 is 19.9 Å². The third-order valence-electron chi connectivity index (χ3n) is 4.10. The number of nitrogens with one attached hydrogen (secondary N) is 1. The van der Waals surface area contributed by atoms with Crippen LogP contribution in [0.15, 0.2) is 48.5 Å². The molecule has 0 aromatic heterocycles. The summed E-state index contributed by atoms with van der Waals surface area (Å²) in [7, 11) is 1.68. The Morgan fingerprint density at radius 2 is 1.62 bits per heavy atom. The van der Waals surface area contributed by atoms with Gasteiger partial charge in [-0.25, -0.2) is 0 Å². The van der Waals surface area contributed by atoms with Crippen molar-refractivity contribution in [1.82, 2.24) is 4.90 Å². The molecule has 126 valence electrons. The maximum Gasteiger partial charge on any atom is 0.173 e. The minimum atomic E-state index is 0.722. The molecule has 6 heteroatoms. The van der Waals surface area contributed by atoms with E-state index in [1.54, 1.807) is 7.11 Å². The highest BCUT2D eigenvalue weighted by atomic mass is 35.5. The summed E-state index contributed by atoms with van der Waals surface area (Å²) in [5.41, 5.74) is 2.18. The van der Waals surface area contributed by atoms with E-state index in [-0.39, 0.29) is 0 Å². The van der Waals surface area contributed by atoms with Crippen LogP contribution in [-0.4, -0.2) is 43.3 Å². The predicted molar refractivity (Wildman–Crippen MR) is 104 cm³/mol. The van der Waals surface area contributed by atoms with Crippen LogP contribution in [0.5, 0.6) is 5.75 Å². The van der Waals surface area contributed by atoms with Gasteiger partial charge in [-0.1, -0.05) is 11.6 Å². The number of hydrogen-bond acceptors (Lipinski definition) is 3. The number of piperazine rings is 1. The van der Waals surface area contributed by atoms with Crippen molar-refractivity contribution in [3.63, 3.8) is 0 Å². The number of thiocarbonyl (C=S) groups is 1. The van der Waals surface area contributed by atoms with Gasteiger partial charge in [0, 0.05) is 42.6 Å². The molecule has 1 saturated heterocycles. The third-order valence-corrected chi connectivity index (χ3v) is 4.71. The van der Waals surface area contributed by atoms with Crippen molar-refractivity contribution in [3.05, 3.63) is 53.6 Å². The molecule has 1 aliphatic rings. The summed E-state index contributed by atoms with van der Waals surface area (Å²) >= 11 is 11.4. The second-order valence-electron chi connectivity index (χ2n) is 5.61. The molecule has 0 unspecified atom stereocenters. The summed E-state index contributed by atoms with van der Waals surface area (Å²) in [4.78, 5) is 4.56. The second-order valence-corrected chi connectivity index (χ2v) is 6.43. The topological polar surface area (TPSA) is 27.7 Å². The molecule has 1 aliphatic heterocycles. The van der Waals surface area contributed by atoms with E-state index in [4.69, 9.17) is 28.6 Å². The molecule has 0 radical (unpaired) electrons. The minimum Gasteiger partial charge on any atom is -0.497 e. The summed E-state index contributed by atoms with van der Waals surface area (Å²) in [5, 5.41) is 4.75. The number of halogens is 1. The molecule has 0 saturated carbocycles. The largest absolute Gasteiger partial charge is 0.497 e. The summed E-state index contributed by atoms with van der Waals surface area (Å²) in [6, 6.07) is 15.8. The van der Waals surface area contributed by atoms with Crippen molar-refractivity contribution in [2.75, 3.05) is 43.5 Å². The lowest BCUT2D eigenvalue weighted by Gasteiger charge is -2.37. The standard InChI is InChI=1S/C18H20ClN3OS/c1-23-17-8-6-16(7-9-17)21-10-12-22(13-11-21)18(24)20-15-4-2-14(19)3-5-15/h2-9H,10-13H2,1H3,(H,20,24). The first-order valence-electron chi connectivity index (χ1n) is 7.86. The van der Waals surface area contributed by atoms with Crippen LogP contribution in [0.25, 0.3) is 0 Å². The summed E-state index contributed by atoms with van der Waals surface area (Å²) in [5.74, 6) is 0.880. The van der Waals surface area contributed by atoms with Crippen LogP contribution in [0, 0.1) is 0 Å². The van der Waals surface area contributed by atoms with E-state index in [9.17, 15) is 0 Å². The summed E-state index contributed by atoms with van der Waals surface area (Å²) in [6.07, 6.45) is 0. The van der Waals surface area contributed by atoms with Gasteiger partial charge >= 0.3 is 0 Å². The van der Waals surface area contributed by atoms with Crippen molar-refractivity contribution in [1.29, 1.82) is 0 Å². The number of nitrogens with zero attached hydrogens (tertiary/aromatic N) is 2. The zero-order valence-corrected chi connectivity index (χ0v) is 15.1. The molecule has 1 fully saturated rings. The lowest BCUT2D eigenvalue weighted by Crippen LogP contribution is -2.50. The molecule has 24 heavy (non-hydrogen) atoms. The highest BCUT2D eigenvalue weighted by Crippen LogP contribution is 2.21. The SMILES string of the molecule is COc1ccc(N2CCN(C(=S)Nc3ccc(Cl)cc3)CC2)cc1. The normalized spacial score (nSPS) is 14.4. The molecule has 2 aromatic carbocycles. The molecule has 1 N–H and O–H groups in total. The molecular formula is C18H20ClN3OS. The molecule has 0 aliphatic carbocycles. The van der Waals surface area contributed by atoms with Crippen molar-refractivity contribution in [2.24, 2.45) is 0 Å². The Morgan fingerprint density at radius 1 is 1.00 bits per heavy atom. The van der Waals surface area contributed by atoms with Gasteiger partial charge in [0.05, 0.1) is 7.11 Å². The lowest BCUT2D eigenvalue weighted by molar-refractivity contribution is 0.390. The number of hydrogen-bond donors (Lipinski definition) is 1. The van der Waals surface area contributed by atoms with E-state index < -0.39 is 0 Å². The van der Waals surface area contributed by atoms with Gasteiger partial charge in [0.1, 0.15) is 5.75 Å². The molecule has 2 aromatic rings. The van der Waals surface area contributed by atoms with E-state index in [0.717, 1.165) is 47.8 Å². The third kappa shape index (κ3) is 4.10. The molecular weight excluding hydrogens is 342 g/mol. The average molecular weight is 362 g/mol. The molecule has 0 spiro atoms. The highest BCUT2D eigenvalue weighted by molar-refractivity contribution is 7.80. The maximum atomic E-state index is 5.91. The number of rotatable bonds is 3. The Morgan fingerprint density at radius 3 is 2.21 bits per heavy atom. The van der Waals surface area contributed by atoms with Gasteiger partial charge in [-0.05, 0) is 60.7 Å². The number of benzene rings is 2. The first-order valence-corrected chi connectivity index (χ1v) is 8.65. The second kappa shape index (κ2) is 7.73. The monoisotopic (exact) mass is 361 g/mol.